The Hall–Kier alpha value is -3.74. The average molecular weight is 499 g/mol. The highest BCUT2D eigenvalue weighted by Gasteiger charge is 2.16. The summed E-state index contributed by atoms with van der Waals surface area (Å²) in [5.74, 6) is 0.0592. The Morgan fingerprint density at radius 2 is 1.08 bits per heavy atom. The van der Waals surface area contributed by atoms with Crippen LogP contribution in [0.4, 0.5) is 0 Å². The van der Waals surface area contributed by atoms with E-state index in [0.29, 0.717) is 25.9 Å². The highest BCUT2D eigenvalue weighted by Crippen LogP contribution is 2.16. The number of carbonyl (C=O) groups is 1. The van der Waals surface area contributed by atoms with E-state index in [1.54, 1.807) is 24.3 Å². The third-order valence-corrected chi connectivity index (χ3v) is 7.37. The molecular weight excluding hydrogens is 468 g/mol. The first-order valence-corrected chi connectivity index (χ1v) is 13.5. The van der Waals surface area contributed by atoms with Crippen molar-refractivity contribution in [2.75, 3.05) is 0 Å². The Labute approximate surface area is 213 Å². The Kier molecular flexibility index (Phi) is 8.66. The molecule has 0 heterocycles. The fourth-order valence-corrected chi connectivity index (χ4v) is 4.96. The summed E-state index contributed by atoms with van der Waals surface area (Å²) in [4.78, 5) is 15.3. The first kappa shape index (κ1) is 25.4. The molecule has 4 aromatic carbocycles. The van der Waals surface area contributed by atoms with Crippen LogP contribution in [0.15, 0.2) is 120 Å². The van der Waals surface area contributed by atoms with E-state index >= 15 is 0 Å². The molecule has 0 atom stereocenters. The van der Waals surface area contributed by atoms with E-state index in [4.69, 9.17) is 0 Å². The van der Waals surface area contributed by atoms with E-state index < -0.39 is 10.0 Å². The first-order chi connectivity index (χ1) is 17.5. The number of nitrogens with zero attached hydrogens (tertiary/aromatic N) is 1. The molecule has 0 aliphatic rings. The minimum absolute atomic E-state index is 0.0592. The van der Waals surface area contributed by atoms with E-state index in [0.717, 1.165) is 22.3 Å². The van der Waals surface area contributed by atoms with Gasteiger partial charge in [0.25, 0.3) is 0 Å². The molecule has 0 unspecified atom stereocenters. The molecular formula is C30H30N2O3S. The van der Waals surface area contributed by atoms with E-state index in [9.17, 15) is 13.2 Å². The number of nitrogens with one attached hydrogen (secondary N) is 1. The quantitative estimate of drug-likeness (QED) is 0.304. The van der Waals surface area contributed by atoms with Crippen LogP contribution in [0.5, 0.6) is 0 Å². The van der Waals surface area contributed by atoms with Crippen LogP contribution in [0, 0.1) is 0 Å². The van der Waals surface area contributed by atoms with Crippen LogP contribution in [-0.2, 0) is 40.9 Å². The Bertz CT molecular complexity index is 1300. The monoisotopic (exact) mass is 498 g/mol. The number of hydrogen-bond donors (Lipinski definition) is 1. The topological polar surface area (TPSA) is 66.5 Å². The van der Waals surface area contributed by atoms with Crippen molar-refractivity contribution in [3.8, 4) is 0 Å². The third-order valence-electron chi connectivity index (χ3n) is 5.96. The molecule has 5 nitrogen and oxygen atoms in total. The van der Waals surface area contributed by atoms with Crippen LogP contribution >= 0.6 is 0 Å². The molecule has 4 aromatic rings. The van der Waals surface area contributed by atoms with E-state index in [1.165, 1.54) is 0 Å². The molecule has 0 aliphatic heterocycles. The molecule has 0 spiro atoms. The molecule has 184 valence electrons. The highest BCUT2D eigenvalue weighted by atomic mass is 32.2. The molecule has 1 N–H and O–H groups in total. The second-order valence-electron chi connectivity index (χ2n) is 8.68. The Morgan fingerprint density at radius 1 is 0.611 bits per heavy atom. The first-order valence-electron chi connectivity index (χ1n) is 12.0. The predicted molar refractivity (Wildman–Crippen MR) is 142 cm³/mol. The lowest BCUT2D eigenvalue weighted by Crippen LogP contribution is -2.30. The lowest BCUT2D eigenvalue weighted by Gasteiger charge is -2.23. The van der Waals surface area contributed by atoms with Gasteiger partial charge in [-0.3, -0.25) is 4.79 Å². The van der Waals surface area contributed by atoms with Crippen LogP contribution in [0.2, 0.25) is 0 Å². The normalized spacial score (nSPS) is 11.2. The van der Waals surface area contributed by atoms with Crippen LogP contribution in [0.1, 0.15) is 28.7 Å². The number of hydrogen-bond acceptors (Lipinski definition) is 3. The number of rotatable bonds is 11. The van der Waals surface area contributed by atoms with Crippen molar-refractivity contribution < 1.29 is 13.2 Å². The van der Waals surface area contributed by atoms with Gasteiger partial charge in [0.1, 0.15) is 0 Å². The van der Waals surface area contributed by atoms with Gasteiger partial charge in [0, 0.05) is 26.1 Å². The van der Waals surface area contributed by atoms with Crippen molar-refractivity contribution in [2.24, 2.45) is 0 Å². The number of benzene rings is 4. The second kappa shape index (κ2) is 12.3. The SMILES string of the molecule is O=C(CCc1ccc(S(=O)(=O)NCc2ccccc2)cc1)N(Cc1ccccc1)Cc1ccccc1. The lowest BCUT2D eigenvalue weighted by atomic mass is 10.1. The predicted octanol–water partition coefficient (Wildman–Crippen LogP) is 5.33. The number of amides is 1. The third kappa shape index (κ3) is 7.38. The summed E-state index contributed by atoms with van der Waals surface area (Å²) in [6, 6.07) is 36.1. The van der Waals surface area contributed by atoms with Crippen molar-refractivity contribution in [2.45, 2.75) is 37.4 Å². The average Bonchev–Trinajstić information content (AvgIpc) is 2.92. The zero-order valence-corrected chi connectivity index (χ0v) is 20.9. The molecule has 6 heteroatoms. The second-order valence-corrected chi connectivity index (χ2v) is 10.4. The summed E-state index contributed by atoms with van der Waals surface area (Å²) in [6.07, 6.45) is 0.884. The molecule has 0 saturated carbocycles. The van der Waals surface area contributed by atoms with Gasteiger partial charge in [-0.15, -0.1) is 0 Å². The van der Waals surface area contributed by atoms with Crippen molar-refractivity contribution in [3.63, 3.8) is 0 Å². The van der Waals surface area contributed by atoms with Gasteiger partial charge >= 0.3 is 0 Å². The maximum absolute atomic E-state index is 13.2. The van der Waals surface area contributed by atoms with Crippen LogP contribution in [-0.4, -0.2) is 19.2 Å². The molecule has 0 fully saturated rings. The van der Waals surface area contributed by atoms with Gasteiger partial charge in [-0.2, -0.15) is 0 Å². The van der Waals surface area contributed by atoms with Crippen LogP contribution in [0.25, 0.3) is 0 Å². The zero-order valence-electron chi connectivity index (χ0n) is 20.1. The van der Waals surface area contributed by atoms with E-state index in [2.05, 4.69) is 4.72 Å². The molecule has 0 aromatic heterocycles. The summed E-state index contributed by atoms with van der Waals surface area (Å²) >= 11 is 0. The van der Waals surface area contributed by atoms with E-state index in [1.807, 2.05) is 95.9 Å². The fourth-order valence-electron chi connectivity index (χ4n) is 3.94. The summed E-state index contributed by atoms with van der Waals surface area (Å²) < 4.78 is 27.9. The Balaban J connectivity index is 1.37. The minimum atomic E-state index is -3.61. The van der Waals surface area contributed by atoms with Gasteiger partial charge in [0.2, 0.25) is 15.9 Å². The molecule has 0 saturated heterocycles. The number of carbonyl (C=O) groups excluding carboxylic acids is 1. The molecule has 0 radical (unpaired) electrons. The lowest BCUT2D eigenvalue weighted by molar-refractivity contribution is -0.132. The van der Waals surface area contributed by atoms with E-state index in [-0.39, 0.29) is 17.3 Å². The maximum atomic E-state index is 13.2. The summed E-state index contributed by atoms with van der Waals surface area (Å²) in [7, 11) is -3.61. The standard InChI is InChI=1S/C30H30N2O3S/c33-30(32(23-27-12-6-2-7-13-27)24-28-14-8-3-9-15-28)21-18-25-16-19-29(20-17-25)36(34,35)31-22-26-10-4-1-5-11-26/h1-17,19-20,31H,18,21-24H2. The van der Waals surface area contributed by atoms with Crippen molar-refractivity contribution >= 4 is 15.9 Å². The van der Waals surface area contributed by atoms with Crippen LogP contribution < -0.4 is 4.72 Å². The smallest absolute Gasteiger partial charge is 0.240 e. The summed E-state index contributed by atoms with van der Waals surface area (Å²) in [5.41, 5.74) is 3.98. The Morgan fingerprint density at radius 3 is 1.58 bits per heavy atom. The van der Waals surface area contributed by atoms with Crippen molar-refractivity contribution in [3.05, 3.63) is 138 Å². The maximum Gasteiger partial charge on any atom is 0.240 e. The van der Waals surface area contributed by atoms with Gasteiger partial charge in [-0.1, -0.05) is 103 Å². The number of sulfonamides is 1. The van der Waals surface area contributed by atoms with Crippen LogP contribution in [0.3, 0.4) is 0 Å². The van der Waals surface area contributed by atoms with Crippen molar-refractivity contribution in [1.29, 1.82) is 0 Å². The molecule has 0 bridgehead atoms. The van der Waals surface area contributed by atoms with Gasteiger partial charge in [-0.25, -0.2) is 13.1 Å². The summed E-state index contributed by atoms with van der Waals surface area (Å²) in [5, 5.41) is 0. The van der Waals surface area contributed by atoms with Gasteiger partial charge in [0.15, 0.2) is 0 Å². The van der Waals surface area contributed by atoms with Gasteiger partial charge in [-0.05, 0) is 40.8 Å². The molecule has 1 amide bonds. The largest absolute Gasteiger partial charge is 0.334 e. The zero-order chi connectivity index (χ0) is 25.2. The highest BCUT2D eigenvalue weighted by molar-refractivity contribution is 7.89. The van der Waals surface area contributed by atoms with Gasteiger partial charge < -0.3 is 4.90 Å². The molecule has 36 heavy (non-hydrogen) atoms. The van der Waals surface area contributed by atoms with Crippen molar-refractivity contribution in [1.82, 2.24) is 9.62 Å². The number of aryl methyl sites for hydroxylation is 1. The fraction of sp³-hybridized carbons (Fsp3) is 0.167. The minimum Gasteiger partial charge on any atom is -0.334 e. The molecule has 0 aliphatic carbocycles. The summed E-state index contributed by atoms with van der Waals surface area (Å²) in [6.45, 7) is 1.32. The molecule has 4 rings (SSSR count). The van der Waals surface area contributed by atoms with Gasteiger partial charge in [0.05, 0.1) is 4.90 Å².